The van der Waals surface area contributed by atoms with Gasteiger partial charge in [0, 0.05) is 11.5 Å². The summed E-state index contributed by atoms with van der Waals surface area (Å²) in [6.45, 7) is 2.15. The van der Waals surface area contributed by atoms with E-state index in [0.717, 1.165) is 17.7 Å². The van der Waals surface area contributed by atoms with Gasteiger partial charge in [-0.2, -0.15) is 13.2 Å². The van der Waals surface area contributed by atoms with Gasteiger partial charge in [0.25, 0.3) is 0 Å². The monoisotopic (exact) mass is 308 g/mol. The van der Waals surface area contributed by atoms with E-state index in [2.05, 4.69) is 0 Å². The number of hydrogen-bond acceptors (Lipinski definition) is 2. The zero-order valence-electron chi connectivity index (χ0n) is 11.9. The summed E-state index contributed by atoms with van der Waals surface area (Å²) >= 11 is 0. The van der Waals surface area contributed by atoms with E-state index in [0.29, 0.717) is 6.29 Å². The molecule has 0 N–H and O–H groups in total. The normalized spacial score (nSPS) is 12.7. The van der Waals surface area contributed by atoms with E-state index in [1.54, 1.807) is 0 Å². The number of halogens is 3. The van der Waals surface area contributed by atoms with Gasteiger partial charge in [0.15, 0.2) is 0 Å². The number of aldehydes is 1. The maximum absolute atomic E-state index is 12.8. The predicted octanol–water partition coefficient (Wildman–Crippen LogP) is 4.70. The van der Waals surface area contributed by atoms with Crippen molar-refractivity contribution in [2.45, 2.75) is 19.0 Å². The van der Waals surface area contributed by atoms with Crippen LogP contribution in [0.4, 0.5) is 13.2 Å². The highest BCUT2D eigenvalue weighted by molar-refractivity contribution is 5.76. The first-order chi connectivity index (χ1) is 10.4. The van der Waals surface area contributed by atoms with E-state index in [4.69, 9.17) is 4.74 Å². The highest BCUT2D eigenvalue weighted by Gasteiger charge is 2.31. The second-order valence-corrected chi connectivity index (χ2v) is 5.03. The summed E-state index contributed by atoms with van der Waals surface area (Å²) in [5.74, 6) is 0.0649. The molecule has 0 aliphatic rings. The van der Waals surface area contributed by atoms with Gasteiger partial charge < -0.3 is 4.74 Å². The lowest BCUT2D eigenvalue weighted by Gasteiger charge is -2.15. The molecule has 0 fully saturated rings. The fourth-order valence-corrected chi connectivity index (χ4v) is 2.04. The third kappa shape index (κ3) is 4.10. The Morgan fingerprint density at radius 2 is 1.82 bits per heavy atom. The zero-order valence-corrected chi connectivity index (χ0v) is 11.9. The molecule has 1 atom stereocenters. The molecule has 0 spiro atoms. The van der Waals surface area contributed by atoms with Crippen LogP contribution in [-0.2, 0) is 6.18 Å². The summed E-state index contributed by atoms with van der Waals surface area (Å²) in [7, 11) is 0. The van der Waals surface area contributed by atoms with Crippen LogP contribution < -0.4 is 4.74 Å². The Morgan fingerprint density at radius 1 is 1.14 bits per heavy atom. The Kier molecular flexibility index (Phi) is 4.85. The van der Waals surface area contributed by atoms with Crippen LogP contribution in [0.1, 0.15) is 34.3 Å². The third-order valence-electron chi connectivity index (χ3n) is 3.26. The number of ether oxygens (including phenoxy) is 1. The molecule has 5 heteroatoms. The SMILES string of the molecule is CC(COc1cc(C=O)cc(C(F)(F)F)c1)c1ccccc1. The zero-order chi connectivity index (χ0) is 16.2. The second-order valence-electron chi connectivity index (χ2n) is 5.03. The molecule has 1 unspecified atom stereocenters. The molecule has 2 aromatic carbocycles. The topological polar surface area (TPSA) is 26.3 Å². The average molecular weight is 308 g/mol. The largest absolute Gasteiger partial charge is 0.493 e. The lowest BCUT2D eigenvalue weighted by atomic mass is 10.0. The molecule has 0 heterocycles. The first kappa shape index (κ1) is 16.1. The molecule has 0 aliphatic heterocycles. The summed E-state index contributed by atoms with van der Waals surface area (Å²) in [6, 6.07) is 12.5. The van der Waals surface area contributed by atoms with Crippen LogP contribution in [0.25, 0.3) is 0 Å². The molecule has 0 saturated carbocycles. The molecule has 2 rings (SSSR count). The molecule has 116 valence electrons. The fraction of sp³-hybridized carbons (Fsp3) is 0.235. The molecule has 0 radical (unpaired) electrons. The number of rotatable bonds is 5. The Morgan fingerprint density at radius 3 is 2.41 bits per heavy atom. The van der Waals surface area contributed by atoms with Crippen LogP contribution in [0.2, 0.25) is 0 Å². The van der Waals surface area contributed by atoms with Crippen LogP contribution in [0.15, 0.2) is 48.5 Å². The summed E-state index contributed by atoms with van der Waals surface area (Å²) in [4.78, 5) is 10.8. The number of benzene rings is 2. The molecule has 2 aromatic rings. The van der Waals surface area contributed by atoms with Crippen molar-refractivity contribution in [1.82, 2.24) is 0 Å². The summed E-state index contributed by atoms with van der Waals surface area (Å²) < 4.78 is 43.8. The molecular formula is C17H15F3O2. The second kappa shape index (κ2) is 6.64. The summed E-state index contributed by atoms with van der Waals surface area (Å²) in [5, 5.41) is 0. The minimum absolute atomic E-state index is 0.0235. The lowest BCUT2D eigenvalue weighted by molar-refractivity contribution is -0.137. The maximum Gasteiger partial charge on any atom is 0.416 e. The minimum Gasteiger partial charge on any atom is -0.493 e. The van der Waals surface area contributed by atoms with Crippen molar-refractivity contribution in [3.63, 3.8) is 0 Å². The number of hydrogen-bond donors (Lipinski definition) is 0. The Bertz CT molecular complexity index is 636. The molecule has 22 heavy (non-hydrogen) atoms. The summed E-state index contributed by atoms with van der Waals surface area (Å²) in [6.07, 6.45) is -4.13. The molecule has 0 bridgehead atoms. The average Bonchev–Trinajstić information content (AvgIpc) is 2.52. The van der Waals surface area contributed by atoms with Crippen LogP contribution >= 0.6 is 0 Å². The molecule has 0 aromatic heterocycles. The van der Waals surface area contributed by atoms with Crippen LogP contribution in [0, 0.1) is 0 Å². The fourth-order valence-electron chi connectivity index (χ4n) is 2.04. The molecule has 2 nitrogen and oxygen atoms in total. The molecule has 0 aliphatic carbocycles. The maximum atomic E-state index is 12.8. The highest BCUT2D eigenvalue weighted by atomic mass is 19.4. The summed E-state index contributed by atoms with van der Waals surface area (Å²) in [5.41, 5.74) is 0.0849. The van der Waals surface area contributed by atoms with Crippen molar-refractivity contribution < 1.29 is 22.7 Å². The van der Waals surface area contributed by atoms with Crippen LogP contribution in [0.3, 0.4) is 0 Å². The quantitative estimate of drug-likeness (QED) is 0.748. The van der Waals surface area contributed by atoms with E-state index < -0.39 is 11.7 Å². The van der Waals surface area contributed by atoms with Gasteiger partial charge >= 0.3 is 6.18 Å². The lowest BCUT2D eigenvalue weighted by Crippen LogP contribution is -2.09. The number of alkyl halides is 3. The molecular weight excluding hydrogens is 293 g/mol. The number of carbonyl (C=O) groups excluding carboxylic acids is 1. The third-order valence-corrected chi connectivity index (χ3v) is 3.26. The van der Waals surface area contributed by atoms with Crippen molar-refractivity contribution in [2.75, 3.05) is 6.61 Å². The number of carbonyl (C=O) groups is 1. The van der Waals surface area contributed by atoms with Crippen LogP contribution in [0.5, 0.6) is 5.75 Å². The van der Waals surface area contributed by atoms with Gasteiger partial charge in [-0.3, -0.25) is 4.79 Å². The molecule has 0 saturated heterocycles. The van der Waals surface area contributed by atoms with Crippen molar-refractivity contribution in [2.24, 2.45) is 0 Å². The van der Waals surface area contributed by atoms with E-state index in [9.17, 15) is 18.0 Å². The van der Waals surface area contributed by atoms with Crippen molar-refractivity contribution in [1.29, 1.82) is 0 Å². The van der Waals surface area contributed by atoms with E-state index in [-0.39, 0.29) is 23.8 Å². The smallest absolute Gasteiger partial charge is 0.416 e. The minimum atomic E-state index is -4.51. The van der Waals surface area contributed by atoms with Gasteiger partial charge in [-0.25, -0.2) is 0 Å². The van der Waals surface area contributed by atoms with Gasteiger partial charge in [0.05, 0.1) is 12.2 Å². The van der Waals surface area contributed by atoms with Crippen molar-refractivity contribution in [3.05, 3.63) is 65.2 Å². The Hall–Kier alpha value is -2.30. The Balaban J connectivity index is 2.14. The predicted molar refractivity (Wildman–Crippen MR) is 77.2 cm³/mol. The van der Waals surface area contributed by atoms with E-state index >= 15 is 0 Å². The van der Waals surface area contributed by atoms with E-state index in [1.807, 2.05) is 37.3 Å². The Labute approximate surface area is 126 Å². The first-order valence-corrected chi connectivity index (χ1v) is 6.75. The van der Waals surface area contributed by atoms with Crippen LogP contribution in [-0.4, -0.2) is 12.9 Å². The van der Waals surface area contributed by atoms with Gasteiger partial charge in [0.1, 0.15) is 12.0 Å². The van der Waals surface area contributed by atoms with Gasteiger partial charge in [-0.1, -0.05) is 37.3 Å². The standard InChI is InChI=1S/C17H15F3O2/c1-12(14-5-3-2-4-6-14)11-22-16-8-13(10-21)7-15(9-16)17(18,19)20/h2-10,12H,11H2,1H3. The highest BCUT2D eigenvalue weighted by Crippen LogP contribution is 2.32. The van der Waals surface area contributed by atoms with Gasteiger partial charge in [-0.15, -0.1) is 0 Å². The first-order valence-electron chi connectivity index (χ1n) is 6.75. The van der Waals surface area contributed by atoms with Gasteiger partial charge in [0.2, 0.25) is 0 Å². The van der Waals surface area contributed by atoms with Gasteiger partial charge in [-0.05, 0) is 23.8 Å². The molecule has 0 amide bonds. The van der Waals surface area contributed by atoms with Crippen molar-refractivity contribution in [3.8, 4) is 5.75 Å². The van der Waals surface area contributed by atoms with E-state index in [1.165, 1.54) is 6.07 Å². The van der Waals surface area contributed by atoms with Crippen molar-refractivity contribution >= 4 is 6.29 Å².